The van der Waals surface area contributed by atoms with Gasteiger partial charge in [0.05, 0.1) is 11.6 Å². The van der Waals surface area contributed by atoms with E-state index in [4.69, 9.17) is 11.6 Å². The highest BCUT2D eigenvalue weighted by Gasteiger charge is 2.09. The number of aromatic nitrogens is 1. The molecule has 16 heavy (non-hydrogen) atoms. The maximum atomic E-state index is 5.80. The number of halogens is 1. The normalized spacial score (nSPS) is 12.5. The van der Waals surface area contributed by atoms with Crippen molar-refractivity contribution < 1.29 is 0 Å². The lowest BCUT2D eigenvalue weighted by Crippen LogP contribution is -2.28. The van der Waals surface area contributed by atoms with Gasteiger partial charge in [0.15, 0.2) is 0 Å². The minimum atomic E-state index is 0.481. The van der Waals surface area contributed by atoms with E-state index in [0.717, 1.165) is 24.6 Å². The smallest absolute Gasteiger partial charge is 0.128 e. The lowest BCUT2D eigenvalue weighted by molar-refractivity contribution is 0.545. The molecule has 0 N–H and O–H groups in total. The van der Waals surface area contributed by atoms with E-state index in [1.807, 2.05) is 12.1 Å². The Morgan fingerprint density at radius 2 is 2.12 bits per heavy atom. The van der Waals surface area contributed by atoms with Crippen LogP contribution < -0.4 is 4.90 Å². The van der Waals surface area contributed by atoms with Crippen LogP contribution >= 0.6 is 11.6 Å². The highest BCUT2D eigenvalue weighted by Crippen LogP contribution is 2.15. The van der Waals surface area contributed by atoms with Gasteiger partial charge in [-0.2, -0.15) is 0 Å². The first-order valence-corrected chi connectivity index (χ1v) is 6.51. The van der Waals surface area contributed by atoms with E-state index in [1.165, 1.54) is 6.42 Å². The zero-order valence-corrected chi connectivity index (χ0v) is 11.2. The minimum Gasteiger partial charge on any atom is -0.357 e. The Morgan fingerprint density at radius 1 is 1.38 bits per heavy atom. The van der Waals surface area contributed by atoms with Crippen molar-refractivity contribution in [3.05, 3.63) is 23.9 Å². The Bertz CT molecular complexity index is 315. The third-order valence-corrected chi connectivity index (χ3v) is 3.14. The zero-order valence-electron chi connectivity index (χ0n) is 10.4. The summed E-state index contributed by atoms with van der Waals surface area (Å²) in [6.45, 7) is 8.71. The summed E-state index contributed by atoms with van der Waals surface area (Å²) in [5.74, 6) is 2.22. The number of hydrogen-bond donors (Lipinski definition) is 0. The minimum absolute atomic E-state index is 0.481. The molecule has 90 valence electrons. The van der Waals surface area contributed by atoms with Gasteiger partial charge in [0.1, 0.15) is 5.82 Å². The van der Waals surface area contributed by atoms with Crippen molar-refractivity contribution in [2.45, 2.75) is 33.1 Å². The van der Waals surface area contributed by atoms with E-state index in [0.29, 0.717) is 11.8 Å². The summed E-state index contributed by atoms with van der Waals surface area (Å²) < 4.78 is 0. The molecule has 0 saturated carbocycles. The largest absolute Gasteiger partial charge is 0.357 e. The lowest BCUT2D eigenvalue weighted by Gasteiger charge is -2.25. The first kappa shape index (κ1) is 13.3. The first-order chi connectivity index (χ1) is 7.71. The summed E-state index contributed by atoms with van der Waals surface area (Å²) in [4.78, 5) is 6.85. The molecule has 0 fully saturated rings. The second-order valence-corrected chi connectivity index (χ2v) is 4.44. The third kappa shape index (κ3) is 3.67. The Balaban J connectivity index is 2.77. The van der Waals surface area contributed by atoms with Gasteiger partial charge >= 0.3 is 0 Å². The Kier molecular flexibility index (Phi) is 5.61. The van der Waals surface area contributed by atoms with Crippen LogP contribution in [0.4, 0.5) is 5.82 Å². The van der Waals surface area contributed by atoms with Crippen LogP contribution in [0.3, 0.4) is 0 Å². The lowest BCUT2D eigenvalue weighted by atomic mass is 10.1. The van der Waals surface area contributed by atoms with Gasteiger partial charge in [-0.3, -0.25) is 0 Å². The molecule has 0 aliphatic rings. The molecule has 0 saturated heterocycles. The van der Waals surface area contributed by atoms with Gasteiger partial charge in [-0.25, -0.2) is 4.98 Å². The number of hydrogen-bond acceptors (Lipinski definition) is 2. The molecule has 2 nitrogen and oxygen atoms in total. The number of alkyl halides is 1. The molecule has 1 aromatic heterocycles. The predicted molar refractivity (Wildman–Crippen MR) is 71.1 cm³/mol. The second kappa shape index (κ2) is 6.74. The number of anilines is 1. The van der Waals surface area contributed by atoms with Gasteiger partial charge in [-0.1, -0.05) is 26.3 Å². The average Bonchev–Trinajstić information content (AvgIpc) is 2.35. The summed E-state index contributed by atoms with van der Waals surface area (Å²) in [6.07, 6.45) is 1.20. The molecular formula is C13H21ClN2. The maximum absolute atomic E-state index is 5.80. The summed E-state index contributed by atoms with van der Waals surface area (Å²) in [5, 5.41) is 0. The van der Waals surface area contributed by atoms with Crippen LogP contribution in [-0.4, -0.2) is 18.1 Å². The van der Waals surface area contributed by atoms with Gasteiger partial charge in [0.2, 0.25) is 0 Å². The van der Waals surface area contributed by atoms with E-state index in [-0.39, 0.29) is 0 Å². The fourth-order valence-electron chi connectivity index (χ4n) is 1.61. The highest BCUT2D eigenvalue weighted by molar-refractivity contribution is 6.16. The number of pyridine rings is 1. The van der Waals surface area contributed by atoms with Crippen molar-refractivity contribution in [1.29, 1.82) is 0 Å². The Morgan fingerprint density at radius 3 is 2.69 bits per heavy atom. The van der Waals surface area contributed by atoms with Crippen LogP contribution in [0.25, 0.3) is 0 Å². The monoisotopic (exact) mass is 240 g/mol. The summed E-state index contributed by atoms with van der Waals surface area (Å²) in [6, 6.07) is 6.05. The van der Waals surface area contributed by atoms with E-state index < -0.39 is 0 Å². The molecule has 0 aliphatic heterocycles. The maximum Gasteiger partial charge on any atom is 0.128 e. The quantitative estimate of drug-likeness (QED) is 0.705. The van der Waals surface area contributed by atoms with Gasteiger partial charge in [0.25, 0.3) is 0 Å². The molecule has 0 radical (unpaired) electrons. The average molecular weight is 241 g/mol. The van der Waals surface area contributed by atoms with E-state index in [9.17, 15) is 0 Å². The zero-order chi connectivity index (χ0) is 12.0. The van der Waals surface area contributed by atoms with Crippen molar-refractivity contribution >= 4 is 17.4 Å². The Labute approximate surface area is 104 Å². The fraction of sp³-hybridized carbons (Fsp3) is 0.615. The van der Waals surface area contributed by atoms with Crippen LogP contribution in [0.5, 0.6) is 0 Å². The third-order valence-electron chi connectivity index (χ3n) is 2.86. The molecule has 1 aromatic rings. The number of rotatable bonds is 6. The first-order valence-electron chi connectivity index (χ1n) is 5.98. The molecule has 0 spiro atoms. The highest BCUT2D eigenvalue weighted by atomic mass is 35.5. The van der Waals surface area contributed by atoms with Gasteiger partial charge in [-0.15, -0.1) is 11.6 Å². The van der Waals surface area contributed by atoms with Crippen molar-refractivity contribution in [2.24, 2.45) is 5.92 Å². The standard InChI is InChI=1S/C13H21ClN2/c1-4-11(3)10-16(5-2)13-8-6-7-12(9-14)15-13/h6-8,11H,4-5,9-10H2,1-3H3. The van der Waals surface area contributed by atoms with Crippen LogP contribution in [-0.2, 0) is 5.88 Å². The Hall–Kier alpha value is -0.760. The van der Waals surface area contributed by atoms with Gasteiger partial charge in [0, 0.05) is 13.1 Å². The molecule has 0 aromatic carbocycles. The number of nitrogens with zero attached hydrogens (tertiary/aromatic N) is 2. The molecular weight excluding hydrogens is 220 g/mol. The molecule has 3 heteroatoms. The SMILES string of the molecule is CCC(C)CN(CC)c1cccc(CCl)n1. The van der Waals surface area contributed by atoms with E-state index in [1.54, 1.807) is 0 Å². The van der Waals surface area contributed by atoms with E-state index >= 15 is 0 Å². The van der Waals surface area contributed by atoms with Gasteiger partial charge < -0.3 is 4.90 Å². The van der Waals surface area contributed by atoms with Crippen molar-refractivity contribution in [3.8, 4) is 0 Å². The summed E-state index contributed by atoms with van der Waals surface area (Å²) >= 11 is 5.80. The van der Waals surface area contributed by atoms with Crippen LogP contribution in [0.15, 0.2) is 18.2 Å². The molecule has 0 bridgehead atoms. The molecule has 1 unspecified atom stereocenters. The van der Waals surface area contributed by atoms with E-state index in [2.05, 4.69) is 36.7 Å². The molecule has 1 atom stereocenters. The fourth-order valence-corrected chi connectivity index (χ4v) is 1.76. The van der Waals surface area contributed by atoms with Crippen molar-refractivity contribution in [3.63, 3.8) is 0 Å². The molecule has 1 rings (SSSR count). The summed E-state index contributed by atoms with van der Waals surface area (Å²) in [5.41, 5.74) is 0.946. The molecule has 0 amide bonds. The topological polar surface area (TPSA) is 16.1 Å². The summed E-state index contributed by atoms with van der Waals surface area (Å²) in [7, 11) is 0. The molecule has 1 heterocycles. The van der Waals surface area contributed by atoms with Gasteiger partial charge in [-0.05, 0) is 25.0 Å². The van der Waals surface area contributed by atoms with Crippen LogP contribution in [0, 0.1) is 5.92 Å². The van der Waals surface area contributed by atoms with Crippen molar-refractivity contribution in [1.82, 2.24) is 4.98 Å². The van der Waals surface area contributed by atoms with Crippen LogP contribution in [0.1, 0.15) is 32.9 Å². The predicted octanol–water partition coefficient (Wildman–Crippen LogP) is 3.69. The molecule has 0 aliphatic carbocycles. The second-order valence-electron chi connectivity index (χ2n) is 4.17. The van der Waals surface area contributed by atoms with Crippen LogP contribution in [0.2, 0.25) is 0 Å². The van der Waals surface area contributed by atoms with Crippen molar-refractivity contribution in [2.75, 3.05) is 18.0 Å².